The van der Waals surface area contributed by atoms with Crippen LogP contribution in [0.1, 0.15) is 17.0 Å². The Hall–Kier alpha value is -2.36. The van der Waals surface area contributed by atoms with E-state index in [1.54, 1.807) is 0 Å². The molecule has 0 radical (unpaired) electrons. The highest BCUT2D eigenvalue weighted by Crippen LogP contribution is 2.23. The number of aromatic nitrogens is 3. The summed E-state index contributed by atoms with van der Waals surface area (Å²) < 4.78 is 1.90. The Morgan fingerprint density at radius 1 is 1.20 bits per heavy atom. The maximum absolute atomic E-state index is 4.56. The van der Waals surface area contributed by atoms with Gasteiger partial charge >= 0.3 is 0 Å². The van der Waals surface area contributed by atoms with E-state index in [1.807, 2.05) is 43.0 Å². The fourth-order valence-electron chi connectivity index (χ4n) is 2.36. The summed E-state index contributed by atoms with van der Waals surface area (Å²) in [6.45, 7) is 4.87. The number of para-hydroxylation sites is 1. The fraction of sp³-hybridized carbons (Fsp3) is 0.250. The normalized spacial score (nSPS) is 10.9. The van der Waals surface area contributed by atoms with Gasteiger partial charge in [-0.3, -0.25) is 9.67 Å². The van der Waals surface area contributed by atoms with E-state index in [4.69, 9.17) is 0 Å². The summed E-state index contributed by atoms with van der Waals surface area (Å²) in [5.74, 6) is 0. The molecule has 0 fully saturated rings. The van der Waals surface area contributed by atoms with Crippen LogP contribution in [0.3, 0.4) is 0 Å². The van der Waals surface area contributed by atoms with Gasteiger partial charge in [-0.2, -0.15) is 5.10 Å². The lowest BCUT2D eigenvalue weighted by atomic mass is 10.1. The summed E-state index contributed by atoms with van der Waals surface area (Å²) in [5.41, 5.74) is 5.57. The lowest BCUT2D eigenvalue weighted by molar-refractivity contribution is 0.738. The number of benzene rings is 1. The summed E-state index contributed by atoms with van der Waals surface area (Å²) in [5, 5.41) is 8.93. The van der Waals surface area contributed by atoms with Gasteiger partial charge in [0.25, 0.3) is 0 Å². The monoisotopic (exact) mass is 266 g/mol. The van der Waals surface area contributed by atoms with Crippen molar-refractivity contribution >= 4 is 16.6 Å². The Kier molecular flexibility index (Phi) is 3.14. The molecular formula is C16H18N4. The van der Waals surface area contributed by atoms with Gasteiger partial charge in [0.2, 0.25) is 0 Å². The van der Waals surface area contributed by atoms with Crippen molar-refractivity contribution in [3.8, 4) is 0 Å². The molecule has 0 bridgehead atoms. The third-order valence-corrected chi connectivity index (χ3v) is 3.65. The number of rotatable bonds is 3. The molecule has 20 heavy (non-hydrogen) atoms. The highest BCUT2D eigenvalue weighted by Gasteiger charge is 2.06. The van der Waals surface area contributed by atoms with Gasteiger partial charge in [0.1, 0.15) is 0 Å². The number of hydrogen-bond donors (Lipinski definition) is 1. The number of aryl methyl sites for hydroxylation is 2. The second kappa shape index (κ2) is 4.96. The van der Waals surface area contributed by atoms with Crippen molar-refractivity contribution in [2.75, 3.05) is 5.32 Å². The molecule has 0 spiro atoms. The highest BCUT2D eigenvalue weighted by molar-refractivity contribution is 5.91. The highest BCUT2D eigenvalue weighted by atomic mass is 15.3. The molecule has 1 N–H and O–H groups in total. The first-order chi connectivity index (χ1) is 9.65. The number of anilines is 1. The zero-order chi connectivity index (χ0) is 14.1. The van der Waals surface area contributed by atoms with Crippen molar-refractivity contribution in [1.82, 2.24) is 14.8 Å². The molecule has 1 aromatic carbocycles. The molecule has 4 heteroatoms. The second-order valence-electron chi connectivity index (χ2n) is 5.06. The zero-order valence-electron chi connectivity index (χ0n) is 12.0. The van der Waals surface area contributed by atoms with Gasteiger partial charge in [-0.1, -0.05) is 18.2 Å². The number of pyridine rings is 1. The molecule has 0 aliphatic carbocycles. The number of nitrogens with one attached hydrogen (secondary N) is 1. The van der Waals surface area contributed by atoms with Gasteiger partial charge < -0.3 is 5.32 Å². The Balaban J connectivity index is 1.93. The average molecular weight is 266 g/mol. The van der Waals surface area contributed by atoms with Crippen LogP contribution in [0.2, 0.25) is 0 Å². The van der Waals surface area contributed by atoms with Crippen LogP contribution < -0.4 is 5.32 Å². The Morgan fingerprint density at radius 3 is 2.75 bits per heavy atom. The molecule has 3 aromatic rings. The molecule has 0 saturated carbocycles. The van der Waals surface area contributed by atoms with Crippen LogP contribution in [0.25, 0.3) is 10.9 Å². The van der Waals surface area contributed by atoms with Crippen molar-refractivity contribution < 1.29 is 0 Å². The molecule has 3 rings (SSSR count). The van der Waals surface area contributed by atoms with E-state index >= 15 is 0 Å². The predicted molar refractivity (Wildman–Crippen MR) is 81.8 cm³/mol. The van der Waals surface area contributed by atoms with E-state index in [2.05, 4.69) is 34.5 Å². The topological polar surface area (TPSA) is 42.7 Å². The standard InChI is InChI=1S/C16H18N4/c1-11-8-16(14-6-4-5-7-15(14)19-11)17-9-13-10-18-20(3)12(13)2/h4-8,10H,9H2,1-3H3,(H,17,19). The summed E-state index contributed by atoms with van der Waals surface area (Å²) in [4.78, 5) is 4.56. The maximum Gasteiger partial charge on any atom is 0.0725 e. The quantitative estimate of drug-likeness (QED) is 0.791. The first-order valence-corrected chi connectivity index (χ1v) is 6.73. The predicted octanol–water partition coefficient (Wildman–Crippen LogP) is 3.20. The molecule has 0 aliphatic rings. The second-order valence-corrected chi connectivity index (χ2v) is 5.06. The van der Waals surface area contributed by atoms with Crippen LogP contribution in [0, 0.1) is 13.8 Å². The zero-order valence-corrected chi connectivity index (χ0v) is 12.0. The van der Waals surface area contributed by atoms with Crippen LogP contribution in [0.5, 0.6) is 0 Å². The SMILES string of the molecule is Cc1cc(NCc2cnn(C)c2C)c2ccccc2n1. The van der Waals surface area contributed by atoms with Crippen LogP contribution in [0.4, 0.5) is 5.69 Å². The minimum Gasteiger partial charge on any atom is -0.380 e. The molecule has 2 heterocycles. The summed E-state index contributed by atoms with van der Waals surface area (Å²) in [7, 11) is 1.96. The Labute approximate surface area is 118 Å². The van der Waals surface area contributed by atoms with Gasteiger partial charge in [-0.15, -0.1) is 0 Å². The molecule has 0 aliphatic heterocycles. The van der Waals surface area contributed by atoms with Crippen LogP contribution in [-0.4, -0.2) is 14.8 Å². The van der Waals surface area contributed by atoms with Crippen molar-refractivity contribution in [3.63, 3.8) is 0 Å². The minimum atomic E-state index is 0.771. The van der Waals surface area contributed by atoms with E-state index in [1.165, 1.54) is 11.3 Å². The average Bonchev–Trinajstić information content (AvgIpc) is 2.76. The maximum atomic E-state index is 4.56. The van der Waals surface area contributed by atoms with Crippen LogP contribution in [-0.2, 0) is 13.6 Å². The molecule has 0 atom stereocenters. The number of nitrogens with zero attached hydrogens (tertiary/aromatic N) is 3. The fourth-order valence-corrected chi connectivity index (χ4v) is 2.36. The largest absolute Gasteiger partial charge is 0.380 e. The van der Waals surface area contributed by atoms with Crippen LogP contribution >= 0.6 is 0 Å². The number of fused-ring (bicyclic) bond motifs is 1. The summed E-state index contributed by atoms with van der Waals surface area (Å²) >= 11 is 0. The Bertz CT molecular complexity index is 758. The summed E-state index contributed by atoms with van der Waals surface area (Å²) in [6, 6.07) is 10.3. The van der Waals surface area contributed by atoms with Crippen molar-refractivity contribution in [1.29, 1.82) is 0 Å². The van der Waals surface area contributed by atoms with Crippen LogP contribution in [0.15, 0.2) is 36.5 Å². The van der Waals surface area contributed by atoms with E-state index in [-0.39, 0.29) is 0 Å². The molecule has 0 saturated heterocycles. The van der Waals surface area contributed by atoms with E-state index in [0.717, 1.165) is 28.8 Å². The molecule has 2 aromatic heterocycles. The van der Waals surface area contributed by atoms with Gasteiger partial charge in [-0.05, 0) is 26.0 Å². The molecule has 102 valence electrons. The van der Waals surface area contributed by atoms with Crippen molar-refractivity contribution in [2.45, 2.75) is 20.4 Å². The molecule has 0 unspecified atom stereocenters. The third-order valence-electron chi connectivity index (χ3n) is 3.65. The summed E-state index contributed by atoms with van der Waals surface area (Å²) in [6.07, 6.45) is 1.92. The first-order valence-electron chi connectivity index (χ1n) is 6.73. The van der Waals surface area contributed by atoms with Gasteiger partial charge in [0.15, 0.2) is 0 Å². The van der Waals surface area contributed by atoms with E-state index in [0.29, 0.717) is 0 Å². The molecular weight excluding hydrogens is 248 g/mol. The third kappa shape index (κ3) is 2.25. The smallest absolute Gasteiger partial charge is 0.0725 e. The van der Waals surface area contributed by atoms with Gasteiger partial charge in [-0.25, -0.2) is 0 Å². The molecule has 0 amide bonds. The van der Waals surface area contributed by atoms with E-state index in [9.17, 15) is 0 Å². The Morgan fingerprint density at radius 2 is 2.00 bits per heavy atom. The minimum absolute atomic E-state index is 0.771. The van der Waals surface area contributed by atoms with Crippen molar-refractivity contribution in [2.24, 2.45) is 7.05 Å². The van der Waals surface area contributed by atoms with Gasteiger partial charge in [0, 0.05) is 41.6 Å². The lowest BCUT2D eigenvalue weighted by Crippen LogP contribution is -2.03. The van der Waals surface area contributed by atoms with Crippen molar-refractivity contribution in [3.05, 3.63) is 53.5 Å². The van der Waals surface area contributed by atoms with E-state index < -0.39 is 0 Å². The lowest BCUT2D eigenvalue weighted by Gasteiger charge is -2.10. The molecule has 4 nitrogen and oxygen atoms in total. The number of hydrogen-bond acceptors (Lipinski definition) is 3. The first kappa shape index (κ1) is 12.7. The van der Waals surface area contributed by atoms with Gasteiger partial charge in [0.05, 0.1) is 11.7 Å².